The van der Waals surface area contributed by atoms with Crippen molar-refractivity contribution in [1.29, 1.82) is 0 Å². The van der Waals surface area contributed by atoms with Crippen molar-refractivity contribution in [2.24, 2.45) is 0 Å². The van der Waals surface area contributed by atoms with Gasteiger partial charge in [-0.15, -0.1) is 0 Å². The summed E-state index contributed by atoms with van der Waals surface area (Å²) in [6.07, 6.45) is 8.74. The summed E-state index contributed by atoms with van der Waals surface area (Å²) in [5, 5.41) is 0. The van der Waals surface area contributed by atoms with Crippen molar-refractivity contribution in [3.63, 3.8) is 0 Å². The average molecular weight is 429 g/mol. The number of nitrogens with zero attached hydrogens (tertiary/aromatic N) is 6. The van der Waals surface area contributed by atoms with Crippen LogP contribution in [0.15, 0.2) is 48.8 Å². The topological polar surface area (TPSA) is 75.1 Å². The first-order valence-corrected chi connectivity index (χ1v) is 11.5. The summed E-state index contributed by atoms with van der Waals surface area (Å²) in [5.74, 6) is 2.42. The van der Waals surface area contributed by atoms with Crippen molar-refractivity contribution >= 4 is 17.7 Å². The van der Waals surface area contributed by atoms with Crippen LogP contribution in [0.5, 0.6) is 0 Å². The summed E-state index contributed by atoms with van der Waals surface area (Å²) < 4.78 is 0. The zero-order valence-electron chi connectivity index (χ0n) is 18.4. The fraction of sp³-hybridized carbons (Fsp3) is 0.400. The monoisotopic (exact) mass is 428 g/mol. The van der Waals surface area contributed by atoms with Gasteiger partial charge in [0.25, 0.3) is 0 Å². The minimum atomic E-state index is 0.0168. The van der Waals surface area contributed by atoms with Crippen LogP contribution in [0, 0.1) is 6.92 Å². The molecule has 0 aliphatic carbocycles. The van der Waals surface area contributed by atoms with Gasteiger partial charge in [0.05, 0.1) is 6.04 Å². The van der Waals surface area contributed by atoms with Crippen molar-refractivity contribution in [2.45, 2.75) is 51.5 Å². The summed E-state index contributed by atoms with van der Waals surface area (Å²) in [4.78, 5) is 35.9. The van der Waals surface area contributed by atoms with Crippen LogP contribution in [0.3, 0.4) is 0 Å². The second-order valence-electron chi connectivity index (χ2n) is 8.50. The molecule has 0 saturated carbocycles. The Hall–Kier alpha value is -3.35. The molecule has 1 amide bonds. The van der Waals surface area contributed by atoms with Crippen LogP contribution in [0.4, 0.5) is 11.8 Å². The molecule has 0 bridgehead atoms. The third kappa shape index (κ3) is 4.07. The van der Waals surface area contributed by atoms with E-state index in [9.17, 15) is 4.79 Å². The van der Waals surface area contributed by atoms with Crippen LogP contribution in [0.1, 0.15) is 54.4 Å². The van der Waals surface area contributed by atoms with Crippen LogP contribution in [0.2, 0.25) is 0 Å². The lowest BCUT2D eigenvalue weighted by atomic mass is 9.99. The third-order valence-electron chi connectivity index (χ3n) is 6.43. The second kappa shape index (κ2) is 9.02. The highest BCUT2D eigenvalue weighted by Gasteiger charge is 2.32. The van der Waals surface area contributed by atoms with Gasteiger partial charge in [0.1, 0.15) is 5.82 Å². The van der Waals surface area contributed by atoms with Gasteiger partial charge in [0.2, 0.25) is 11.9 Å². The Balaban J connectivity index is 1.48. The first-order chi connectivity index (χ1) is 15.7. The molecule has 3 aromatic rings. The number of aryl methyl sites for hydroxylation is 1. The largest absolute Gasteiger partial charge is 0.331 e. The highest BCUT2D eigenvalue weighted by molar-refractivity contribution is 5.95. The number of hydrogen-bond donors (Lipinski definition) is 0. The second-order valence-corrected chi connectivity index (χ2v) is 8.50. The lowest BCUT2D eigenvalue weighted by molar-refractivity contribution is -0.118. The predicted molar refractivity (Wildman–Crippen MR) is 124 cm³/mol. The Morgan fingerprint density at radius 1 is 1.00 bits per heavy atom. The van der Waals surface area contributed by atoms with E-state index in [2.05, 4.69) is 27.0 Å². The van der Waals surface area contributed by atoms with Gasteiger partial charge in [-0.2, -0.15) is 0 Å². The summed E-state index contributed by atoms with van der Waals surface area (Å²) in [7, 11) is 0. The van der Waals surface area contributed by atoms with E-state index in [1.807, 2.05) is 36.1 Å². The Morgan fingerprint density at radius 2 is 1.81 bits per heavy atom. The van der Waals surface area contributed by atoms with E-state index >= 15 is 0 Å². The minimum absolute atomic E-state index is 0.0168. The van der Waals surface area contributed by atoms with Gasteiger partial charge in [-0.05, 0) is 50.7 Å². The van der Waals surface area contributed by atoms with Crippen LogP contribution in [-0.2, 0) is 17.6 Å². The summed E-state index contributed by atoms with van der Waals surface area (Å²) in [5.41, 5.74) is 3.29. The fourth-order valence-electron chi connectivity index (χ4n) is 4.75. The molecule has 2 aliphatic rings. The molecule has 1 aromatic carbocycles. The van der Waals surface area contributed by atoms with Crippen LogP contribution >= 0.6 is 0 Å². The van der Waals surface area contributed by atoms with Crippen molar-refractivity contribution in [1.82, 2.24) is 19.9 Å². The molecule has 0 unspecified atom stereocenters. The number of benzene rings is 1. The van der Waals surface area contributed by atoms with Gasteiger partial charge in [-0.3, -0.25) is 9.69 Å². The number of fused-ring (bicyclic) bond motifs is 1. The molecule has 7 nitrogen and oxygen atoms in total. The van der Waals surface area contributed by atoms with Crippen molar-refractivity contribution in [2.75, 3.05) is 22.9 Å². The number of carbonyl (C=O) groups is 1. The number of hydrogen-bond acceptors (Lipinski definition) is 6. The Bertz CT molecular complexity index is 1090. The quantitative estimate of drug-likeness (QED) is 0.615. The molecule has 0 spiro atoms. The highest BCUT2D eigenvalue weighted by Crippen LogP contribution is 2.35. The lowest BCUT2D eigenvalue weighted by Crippen LogP contribution is -2.40. The molecule has 1 saturated heterocycles. The van der Waals surface area contributed by atoms with Crippen molar-refractivity contribution < 1.29 is 4.79 Å². The van der Waals surface area contributed by atoms with E-state index in [1.54, 1.807) is 12.4 Å². The summed E-state index contributed by atoms with van der Waals surface area (Å²) in [6, 6.07) is 12.1. The Labute approximate surface area is 188 Å². The smallest absolute Gasteiger partial charge is 0.228 e. The zero-order valence-corrected chi connectivity index (χ0v) is 18.4. The van der Waals surface area contributed by atoms with Crippen molar-refractivity contribution in [3.8, 4) is 0 Å². The molecular formula is C25H28N6O. The molecule has 5 rings (SSSR count). The third-order valence-corrected chi connectivity index (χ3v) is 6.43. The summed E-state index contributed by atoms with van der Waals surface area (Å²) >= 11 is 0. The van der Waals surface area contributed by atoms with Gasteiger partial charge in [-0.1, -0.05) is 30.3 Å². The van der Waals surface area contributed by atoms with Gasteiger partial charge >= 0.3 is 0 Å². The number of aromatic nitrogens is 4. The van der Waals surface area contributed by atoms with E-state index in [0.29, 0.717) is 25.3 Å². The molecule has 1 atom stereocenters. The van der Waals surface area contributed by atoms with Crippen molar-refractivity contribution in [3.05, 3.63) is 71.4 Å². The lowest BCUT2D eigenvalue weighted by Gasteiger charge is -2.36. The molecule has 1 fully saturated rings. The number of amides is 1. The molecule has 0 radical (unpaired) electrons. The Kier molecular flexibility index (Phi) is 5.79. The van der Waals surface area contributed by atoms with Crippen LogP contribution in [0.25, 0.3) is 0 Å². The summed E-state index contributed by atoms with van der Waals surface area (Å²) in [6.45, 7) is 3.55. The van der Waals surface area contributed by atoms with Gasteiger partial charge in [0.15, 0.2) is 5.82 Å². The fourth-order valence-corrected chi connectivity index (χ4v) is 4.75. The number of rotatable bonds is 5. The first-order valence-electron chi connectivity index (χ1n) is 11.5. The predicted octanol–water partition coefficient (Wildman–Crippen LogP) is 3.83. The average Bonchev–Trinajstić information content (AvgIpc) is 2.84. The molecule has 0 N–H and O–H groups in total. The molecule has 164 valence electrons. The maximum absolute atomic E-state index is 12.9. The molecule has 4 heterocycles. The molecule has 2 aromatic heterocycles. The molecule has 7 heteroatoms. The number of piperidine rings is 1. The maximum atomic E-state index is 12.9. The van der Waals surface area contributed by atoms with Gasteiger partial charge in [0, 0.05) is 43.2 Å². The minimum Gasteiger partial charge on any atom is -0.331 e. The van der Waals surface area contributed by atoms with E-state index in [4.69, 9.17) is 9.97 Å². The number of carbonyl (C=O) groups excluding carboxylic acids is 1. The highest BCUT2D eigenvalue weighted by atomic mass is 16.2. The van der Waals surface area contributed by atoms with Gasteiger partial charge < -0.3 is 4.90 Å². The van der Waals surface area contributed by atoms with E-state index in [-0.39, 0.29) is 11.9 Å². The van der Waals surface area contributed by atoms with E-state index < -0.39 is 0 Å². The van der Waals surface area contributed by atoms with Crippen LogP contribution in [-0.4, -0.2) is 38.9 Å². The van der Waals surface area contributed by atoms with E-state index in [1.165, 1.54) is 5.56 Å². The maximum Gasteiger partial charge on any atom is 0.228 e. The molecule has 32 heavy (non-hydrogen) atoms. The molecular weight excluding hydrogens is 400 g/mol. The first kappa shape index (κ1) is 20.5. The SMILES string of the molecule is Cc1nc([C@@H]2CCCCN2c2ncccn2)nc2c1CCC(=O)N2CCc1ccccc1. The zero-order chi connectivity index (χ0) is 21.9. The normalized spacial score (nSPS) is 18.5. The van der Waals surface area contributed by atoms with Gasteiger partial charge in [-0.25, -0.2) is 19.9 Å². The Morgan fingerprint density at radius 3 is 2.62 bits per heavy atom. The molecule has 2 aliphatic heterocycles. The standard InChI is InChI=1S/C25H28N6O/c1-18-20-11-12-22(32)31(17-13-19-8-3-2-4-9-19)24(20)29-23(28-18)21-10-5-6-16-30(21)25-26-14-7-15-27-25/h2-4,7-9,14-15,21H,5-6,10-13,16-17H2,1H3/t21-/m0/s1. The van der Waals surface area contributed by atoms with Crippen LogP contribution < -0.4 is 9.80 Å². The van der Waals surface area contributed by atoms with E-state index in [0.717, 1.165) is 55.1 Å². The number of anilines is 2.